The zero-order chi connectivity index (χ0) is 9.84. The van der Waals surface area contributed by atoms with Crippen LogP contribution in [0.15, 0.2) is 29.2 Å². The molecule has 0 amide bonds. The number of hydrogen-bond donors (Lipinski definition) is 0. The number of Topliss-reactive ketones (excluding diaryl/α,β-unsaturated/α-hetero) is 1. The molecule has 0 N–H and O–H groups in total. The van der Waals surface area contributed by atoms with Crippen LogP contribution >= 0.6 is 11.6 Å². The van der Waals surface area contributed by atoms with E-state index in [1.54, 1.807) is 30.5 Å². The summed E-state index contributed by atoms with van der Waals surface area (Å²) in [5.41, 5.74) is 0.559. The van der Waals surface area contributed by atoms with E-state index in [1.165, 1.54) is 0 Å². The largest absolute Gasteiger partial charge is 0.293 e. The molecule has 2 nitrogen and oxygen atoms in total. The molecule has 0 heterocycles. The van der Waals surface area contributed by atoms with Gasteiger partial charge in [0.2, 0.25) is 0 Å². The Balaban J connectivity index is 2.93. The van der Waals surface area contributed by atoms with Gasteiger partial charge in [0.05, 0.1) is 5.88 Å². The van der Waals surface area contributed by atoms with Gasteiger partial charge >= 0.3 is 0 Å². The van der Waals surface area contributed by atoms with Crippen molar-refractivity contribution >= 4 is 28.2 Å². The van der Waals surface area contributed by atoms with Crippen molar-refractivity contribution in [1.29, 1.82) is 0 Å². The molecule has 0 saturated carbocycles. The highest BCUT2D eigenvalue weighted by atomic mass is 35.5. The van der Waals surface area contributed by atoms with Crippen molar-refractivity contribution in [1.82, 2.24) is 0 Å². The number of rotatable bonds is 3. The topological polar surface area (TPSA) is 34.1 Å². The van der Waals surface area contributed by atoms with Crippen molar-refractivity contribution in [3.63, 3.8) is 0 Å². The molecule has 1 atom stereocenters. The molecule has 0 fully saturated rings. The maximum absolute atomic E-state index is 11.1. The molecule has 70 valence electrons. The highest BCUT2D eigenvalue weighted by Crippen LogP contribution is 2.08. The van der Waals surface area contributed by atoms with Gasteiger partial charge in [0, 0.05) is 27.5 Å². The minimum atomic E-state index is -0.997. The molecule has 0 aliphatic heterocycles. The Morgan fingerprint density at radius 2 is 1.92 bits per heavy atom. The Hall–Kier alpha value is -0.670. The summed E-state index contributed by atoms with van der Waals surface area (Å²) < 4.78 is 11.0. The normalized spacial score (nSPS) is 12.5. The van der Waals surface area contributed by atoms with Crippen molar-refractivity contribution in [3.8, 4) is 0 Å². The molecular formula is C9H9ClO2S. The van der Waals surface area contributed by atoms with E-state index in [-0.39, 0.29) is 11.7 Å². The minimum Gasteiger partial charge on any atom is -0.293 e. The maximum Gasteiger partial charge on any atom is 0.177 e. The van der Waals surface area contributed by atoms with Gasteiger partial charge in [0.1, 0.15) is 0 Å². The molecule has 0 spiro atoms. The van der Waals surface area contributed by atoms with E-state index in [4.69, 9.17) is 11.6 Å². The number of carbonyl (C=O) groups excluding carboxylic acids is 1. The van der Waals surface area contributed by atoms with E-state index in [9.17, 15) is 9.00 Å². The zero-order valence-corrected chi connectivity index (χ0v) is 8.69. The molecule has 0 aromatic heterocycles. The number of halogens is 1. The second-order valence-electron chi connectivity index (χ2n) is 2.54. The summed E-state index contributed by atoms with van der Waals surface area (Å²) in [5.74, 6) is -0.135. The van der Waals surface area contributed by atoms with Crippen LogP contribution in [0.2, 0.25) is 0 Å². The third-order valence-corrected chi connectivity index (χ3v) is 2.81. The fourth-order valence-electron chi connectivity index (χ4n) is 0.910. The Bertz CT molecular complexity index is 332. The molecule has 0 aliphatic rings. The molecule has 0 aliphatic carbocycles. The summed E-state index contributed by atoms with van der Waals surface area (Å²) in [6.07, 6.45) is 1.60. The third kappa shape index (κ3) is 2.64. The smallest absolute Gasteiger partial charge is 0.177 e. The lowest BCUT2D eigenvalue weighted by atomic mass is 10.1. The molecule has 0 radical (unpaired) electrons. The fraction of sp³-hybridized carbons (Fsp3) is 0.222. The van der Waals surface area contributed by atoms with Crippen LogP contribution < -0.4 is 0 Å². The van der Waals surface area contributed by atoms with Crippen LogP contribution in [-0.2, 0) is 10.8 Å². The Labute approximate surface area is 84.4 Å². The predicted octanol–water partition coefficient (Wildman–Crippen LogP) is 1.85. The van der Waals surface area contributed by atoms with Gasteiger partial charge in [-0.2, -0.15) is 0 Å². The maximum atomic E-state index is 11.1. The summed E-state index contributed by atoms with van der Waals surface area (Å²) in [6.45, 7) is 0. The molecule has 13 heavy (non-hydrogen) atoms. The van der Waals surface area contributed by atoms with Crippen molar-refractivity contribution in [3.05, 3.63) is 29.8 Å². The lowest BCUT2D eigenvalue weighted by Crippen LogP contribution is -2.00. The quantitative estimate of drug-likeness (QED) is 0.571. The van der Waals surface area contributed by atoms with Crippen LogP contribution in [0.25, 0.3) is 0 Å². The van der Waals surface area contributed by atoms with E-state index >= 15 is 0 Å². The number of ketones is 1. The summed E-state index contributed by atoms with van der Waals surface area (Å²) in [6, 6.07) is 6.63. The van der Waals surface area contributed by atoms with Crippen molar-refractivity contribution < 1.29 is 9.00 Å². The highest BCUT2D eigenvalue weighted by molar-refractivity contribution is 7.84. The predicted molar refractivity (Wildman–Crippen MR) is 53.8 cm³/mol. The monoisotopic (exact) mass is 216 g/mol. The summed E-state index contributed by atoms with van der Waals surface area (Å²) in [7, 11) is -0.997. The first kappa shape index (κ1) is 10.4. The first-order valence-electron chi connectivity index (χ1n) is 3.68. The van der Waals surface area contributed by atoms with Crippen LogP contribution in [0.5, 0.6) is 0 Å². The first-order chi connectivity index (χ1) is 6.15. The summed E-state index contributed by atoms with van der Waals surface area (Å²) >= 11 is 5.38. The van der Waals surface area contributed by atoms with Gasteiger partial charge in [-0.15, -0.1) is 11.6 Å². The van der Waals surface area contributed by atoms with E-state index in [0.29, 0.717) is 10.5 Å². The van der Waals surface area contributed by atoms with Crippen LogP contribution in [0, 0.1) is 0 Å². The Morgan fingerprint density at radius 3 is 2.31 bits per heavy atom. The van der Waals surface area contributed by atoms with E-state index in [1.807, 2.05) is 0 Å². The lowest BCUT2D eigenvalue weighted by molar-refractivity contribution is 0.102. The van der Waals surface area contributed by atoms with Crippen molar-refractivity contribution in [2.24, 2.45) is 0 Å². The van der Waals surface area contributed by atoms with E-state index in [0.717, 1.165) is 0 Å². The number of carbonyl (C=O) groups is 1. The number of benzene rings is 1. The second-order valence-corrected chi connectivity index (χ2v) is 4.18. The van der Waals surface area contributed by atoms with Gasteiger partial charge in [0.25, 0.3) is 0 Å². The van der Waals surface area contributed by atoms with Crippen molar-refractivity contribution in [2.45, 2.75) is 4.90 Å². The van der Waals surface area contributed by atoms with E-state index in [2.05, 4.69) is 0 Å². The van der Waals surface area contributed by atoms with Gasteiger partial charge in [-0.1, -0.05) is 12.1 Å². The SMILES string of the molecule is CS(=O)c1ccc(C(=O)CCl)cc1. The standard InChI is InChI=1S/C9H9ClO2S/c1-13(12)8-4-2-7(3-5-8)9(11)6-10/h2-5H,6H2,1H3. The van der Waals surface area contributed by atoms with Crippen molar-refractivity contribution in [2.75, 3.05) is 12.1 Å². The molecule has 1 rings (SSSR count). The van der Waals surface area contributed by atoms with Gasteiger partial charge in [-0.3, -0.25) is 9.00 Å². The third-order valence-electron chi connectivity index (χ3n) is 1.63. The number of alkyl halides is 1. The van der Waals surface area contributed by atoms with Gasteiger partial charge in [-0.05, 0) is 12.1 Å². The minimum absolute atomic E-state index is 0.0193. The number of hydrogen-bond acceptors (Lipinski definition) is 2. The first-order valence-corrected chi connectivity index (χ1v) is 5.77. The molecule has 0 saturated heterocycles. The second kappa shape index (κ2) is 4.53. The van der Waals surface area contributed by atoms with Gasteiger partial charge < -0.3 is 0 Å². The Morgan fingerprint density at radius 1 is 1.38 bits per heavy atom. The highest BCUT2D eigenvalue weighted by Gasteiger charge is 2.04. The van der Waals surface area contributed by atoms with Gasteiger partial charge in [-0.25, -0.2) is 0 Å². The van der Waals surface area contributed by atoms with Crippen LogP contribution in [0.1, 0.15) is 10.4 Å². The zero-order valence-electron chi connectivity index (χ0n) is 7.12. The average Bonchev–Trinajstić information content (AvgIpc) is 2.17. The molecule has 1 aromatic carbocycles. The van der Waals surface area contributed by atoms with Gasteiger partial charge in [0.15, 0.2) is 5.78 Å². The molecule has 4 heteroatoms. The summed E-state index contributed by atoms with van der Waals surface area (Å²) in [4.78, 5) is 11.8. The lowest BCUT2D eigenvalue weighted by Gasteiger charge is -1.98. The fourth-order valence-corrected chi connectivity index (χ4v) is 1.58. The van der Waals surface area contributed by atoms with Crippen LogP contribution in [-0.4, -0.2) is 22.1 Å². The summed E-state index contributed by atoms with van der Waals surface area (Å²) in [5, 5.41) is 0. The van der Waals surface area contributed by atoms with Crippen LogP contribution in [0.4, 0.5) is 0 Å². The molecular weight excluding hydrogens is 208 g/mol. The molecule has 0 bridgehead atoms. The Kier molecular flexibility index (Phi) is 3.63. The van der Waals surface area contributed by atoms with Crippen LogP contribution in [0.3, 0.4) is 0 Å². The molecule has 1 aromatic rings. The average molecular weight is 217 g/mol. The van der Waals surface area contributed by atoms with E-state index < -0.39 is 10.8 Å². The molecule has 1 unspecified atom stereocenters.